The number of thioether (sulfide) groups is 1. The Morgan fingerprint density at radius 2 is 2.05 bits per heavy atom. The van der Waals surface area contributed by atoms with Crippen LogP contribution in [0.5, 0.6) is 0 Å². The first kappa shape index (κ1) is 14.6. The van der Waals surface area contributed by atoms with Crippen LogP contribution in [0.2, 0.25) is 0 Å². The first-order valence-corrected chi connectivity index (χ1v) is 7.78. The zero-order chi connectivity index (χ0) is 13.8. The first-order chi connectivity index (χ1) is 9.08. The van der Waals surface area contributed by atoms with Crippen LogP contribution in [0.1, 0.15) is 19.4 Å². The van der Waals surface area contributed by atoms with E-state index in [-0.39, 0.29) is 12.1 Å². The summed E-state index contributed by atoms with van der Waals surface area (Å²) in [6.07, 6.45) is -0.584. The second kappa shape index (κ2) is 6.59. The minimum Gasteiger partial charge on any atom is -0.427 e. The third kappa shape index (κ3) is 3.84. The number of carbonyl (C=O) groups excluding carboxylic acids is 1. The van der Waals surface area contributed by atoms with Crippen molar-refractivity contribution < 1.29 is 14.3 Å². The topological polar surface area (TPSA) is 35.5 Å². The summed E-state index contributed by atoms with van der Waals surface area (Å²) in [5.41, 5.74) is 1.20. The average Bonchev–Trinajstić information content (AvgIpc) is 2.63. The van der Waals surface area contributed by atoms with Crippen LogP contribution in [0, 0.1) is 0 Å². The van der Waals surface area contributed by atoms with Crippen molar-refractivity contribution in [3.05, 3.63) is 45.3 Å². The zero-order valence-electron chi connectivity index (χ0n) is 10.8. The maximum Gasteiger partial charge on any atom is 0.348 e. The molecule has 0 aliphatic carbocycles. The van der Waals surface area contributed by atoms with Crippen molar-refractivity contribution in [3.63, 3.8) is 0 Å². The second-order valence-corrected chi connectivity index (χ2v) is 6.18. The molecular formula is C14H15BrO3S. The number of benzene rings is 1. The minimum absolute atomic E-state index is 0.00326. The minimum atomic E-state index is -0.587. The highest BCUT2D eigenvalue weighted by molar-refractivity contribution is 9.12. The van der Waals surface area contributed by atoms with Crippen molar-refractivity contribution in [3.8, 4) is 0 Å². The molecule has 1 aromatic carbocycles. The van der Waals surface area contributed by atoms with Gasteiger partial charge in [-0.15, -0.1) is 11.8 Å². The Morgan fingerprint density at radius 1 is 1.37 bits per heavy atom. The van der Waals surface area contributed by atoms with Gasteiger partial charge >= 0.3 is 5.97 Å². The van der Waals surface area contributed by atoms with Gasteiger partial charge in [-0.2, -0.15) is 0 Å². The van der Waals surface area contributed by atoms with E-state index in [1.54, 1.807) is 11.8 Å². The van der Waals surface area contributed by atoms with E-state index in [2.05, 4.69) is 28.1 Å². The van der Waals surface area contributed by atoms with Crippen LogP contribution >= 0.6 is 27.7 Å². The smallest absolute Gasteiger partial charge is 0.348 e. The Bertz CT molecular complexity index is 485. The van der Waals surface area contributed by atoms with Gasteiger partial charge in [-0.05, 0) is 35.3 Å². The number of hydrogen-bond donors (Lipinski definition) is 0. The molecule has 0 amide bonds. The SMILES string of the molecule is CC(C)OC1OC(=O)C(Br)=C1SCc1ccccc1. The molecule has 0 bridgehead atoms. The number of rotatable bonds is 5. The van der Waals surface area contributed by atoms with Crippen LogP contribution in [0.4, 0.5) is 0 Å². The lowest BCUT2D eigenvalue weighted by Crippen LogP contribution is -2.19. The monoisotopic (exact) mass is 342 g/mol. The van der Waals surface area contributed by atoms with Crippen LogP contribution in [0.25, 0.3) is 0 Å². The summed E-state index contributed by atoms with van der Waals surface area (Å²) < 4.78 is 11.3. The fourth-order valence-electron chi connectivity index (χ4n) is 1.61. The van der Waals surface area contributed by atoms with E-state index in [9.17, 15) is 4.79 Å². The van der Waals surface area contributed by atoms with Crippen LogP contribution in [-0.4, -0.2) is 18.4 Å². The van der Waals surface area contributed by atoms with Crippen molar-refractivity contribution >= 4 is 33.7 Å². The second-order valence-electron chi connectivity index (χ2n) is 4.37. The molecule has 0 N–H and O–H groups in total. The van der Waals surface area contributed by atoms with Gasteiger partial charge in [0, 0.05) is 5.75 Å². The molecule has 0 saturated heterocycles. The lowest BCUT2D eigenvalue weighted by Gasteiger charge is -2.17. The average molecular weight is 343 g/mol. The van der Waals surface area contributed by atoms with Gasteiger partial charge in [-0.25, -0.2) is 4.79 Å². The van der Waals surface area contributed by atoms with Gasteiger partial charge < -0.3 is 9.47 Å². The van der Waals surface area contributed by atoms with Crippen molar-refractivity contribution in [1.82, 2.24) is 0 Å². The summed E-state index contributed by atoms with van der Waals surface area (Å²) in [5, 5.41) is 0. The number of cyclic esters (lactones) is 1. The molecule has 0 aromatic heterocycles. The summed E-state index contributed by atoms with van der Waals surface area (Å²) in [5.74, 6) is 0.418. The Balaban J connectivity index is 2.05. The van der Waals surface area contributed by atoms with E-state index in [4.69, 9.17) is 9.47 Å². The third-order valence-electron chi connectivity index (χ3n) is 2.46. The van der Waals surface area contributed by atoms with Gasteiger partial charge in [0.05, 0.1) is 11.0 Å². The maximum atomic E-state index is 11.6. The first-order valence-electron chi connectivity index (χ1n) is 6.00. The lowest BCUT2D eigenvalue weighted by molar-refractivity contribution is -0.164. The molecule has 19 heavy (non-hydrogen) atoms. The number of esters is 1. The van der Waals surface area contributed by atoms with E-state index < -0.39 is 6.29 Å². The highest BCUT2D eigenvalue weighted by Gasteiger charge is 2.34. The van der Waals surface area contributed by atoms with Gasteiger partial charge in [0.15, 0.2) is 0 Å². The molecule has 1 heterocycles. The summed E-state index contributed by atoms with van der Waals surface area (Å²) in [6.45, 7) is 3.83. The van der Waals surface area contributed by atoms with Crippen molar-refractivity contribution in [1.29, 1.82) is 0 Å². The molecule has 5 heteroatoms. The Kier molecular flexibility index (Phi) is 5.07. The Morgan fingerprint density at radius 3 is 2.68 bits per heavy atom. The Hall–Kier alpha value is -0.780. The maximum absolute atomic E-state index is 11.6. The van der Waals surface area contributed by atoms with Crippen LogP contribution in [0.15, 0.2) is 39.7 Å². The molecule has 0 spiro atoms. The van der Waals surface area contributed by atoms with Gasteiger partial charge in [0.2, 0.25) is 6.29 Å². The van der Waals surface area contributed by atoms with E-state index in [0.29, 0.717) is 4.48 Å². The molecule has 102 valence electrons. The normalized spacial score (nSPS) is 19.2. The highest BCUT2D eigenvalue weighted by atomic mass is 79.9. The fraction of sp³-hybridized carbons (Fsp3) is 0.357. The summed E-state index contributed by atoms with van der Waals surface area (Å²) in [6, 6.07) is 10.1. The predicted octanol–water partition coefficient (Wildman–Crippen LogP) is 3.83. The molecule has 2 rings (SSSR count). The van der Waals surface area contributed by atoms with Crippen molar-refractivity contribution in [2.24, 2.45) is 0 Å². The largest absolute Gasteiger partial charge is 0.427 e. The Labute approximate surface area is 125 Å². The molecular weight excluding hydrogens is 328 g/mol. The summed E-state index contributed by atoms with van der Waals surface area (Å²) >= 11 is 4.84. The van der Waals surface area contributed by atoms with E-state index in [0.717, 1.165) is 10.7 Å². The number of hydrogen-bond acceptors (Lipinski definition) is 4. The molecule has 0 saturated carbocycles. The van der Waals surface area contributed by atoms with Gasteiger partial charge in [-0.1, -0.05) is 30.3 Å². The van der Waals surface area contributed by atoms with Crippen LogP contribution in [-0.2, 0) is 20.0 Å². The molecule has 0 radical (unpaired) electrons. The van der Waals surface area contributed by atoms with E-state index in [1.165, 1.54) is 5.56 Å². The summed E-state index contributed by atoms with van der Waals surface area (Å²) in [7, 11) is 0. The van der Waals surface area contributed by atoms with E-state index >= 15 is 0 Å². The molecule has 1 aliphatic rings. The molecule has 1 aromatic rings. The molecule has 1 aliphatic heterocycles. The van der Waals surface area contributed by atoms with Crippen molar-refractivity contribution in [2.75, 3.05) is 0 Å². The van der Waals surface area contributed by atoms with Gasteiger partial charge in [0.25, 0.3) is 0 Å². The number of halogens is 1. The molecule has 1 unspecified atom stereocenters. The fourth-order valence-corrected chi connectivity index (χ4v) is 3.20. The molecule has 0 fully saturated rings. The number of carbonyl (C=O) groups is 1. The third-order valence-corrected chi connectivity index (χ3v) is 4.66. The van der Waals surface area contributed by atoms with Crippen LogP contribution < -0.4 is 0 Å². The van der Waals surface area contributed by atoms with E-state index in [1.807, 2.05) is 32.0 Å². The summed E-state index contributed by atoms with van der Waals surface area (Å²) in [4.78, 5) is 12.4. The van der Waals surface area contributed by atoms with Gasteiger partial charge in [0.1, 0.15) is 4.48 Å². The van der Waals surface area contributed by atoms with Gasteiger partial charge in [-0.3, -0.25) is 0 Å². The standard InChI is InChI=1S/C14H15BrO3S/c1-9(2)17-14-12(11(15)13(16)18-14)19-8-10-6-4-3-5-7-10/h3-7,9,14H,8H2,1-2H3. The highest BCUT2D eigenvalue weighted by Crippen LogP contribution is 2.37. The lowest BCUT2D eigenvalue weighted by atomic mass is 10.2. The van der Waals surface area contributed by atoms with Crippen molar-refractivity contribution in [2.45, 2.75) is 32.0 Å². The predicted molar refractivity (Wildman–Crippen MR) is 79.8 cm³/mol. The molecule has 1 atom stereocenters. The van der Waals surface area contributed by atoms with Crippen LogP contribution in [0.3, 0.4) is 0 Å². The zero-order valence-corrected chi connectivity index (χ0v) is 13.2. The number of ether oxygens (including phenoxy) is 2. The molecule has 3 nitrogen and oxygen atoms in total. The quantitative estimate of drug-likeness (QED) is 0.761.